The molecule has 0 saturated heterocycles. The minimum Gasteiger partial charge on any atom is -0.493 e. The molecule has 0 aliphatic heterocycles. The second kappa shape index (κ2) is 14.1. The molecule has 2 amide bonds. The number of ether oxygens (including phenoxy) is 2. The summed E-state index contributed by atoms with van der Waals surface area (Å²) in [4.78, 5) is 28.7. The minimum absolute atomic E-state index is 0.0648. The number of benzene rings is 3. The van der Waals surface area contributed by atoms with Gasteiger partial charge in [-0.2, -0.15) is 0 Å². The summed E-state index contributed by atoms with van der Waals surface area (Å²) in [5.74, 6) is -0.454. The van der Waals surface area contributed by atoms with Gasteiger partial charge in [-0.15, -0.1) is 0 Å². The van der Waals surface area contributed by atoms with Crippen molar-refractivity contribution >= 4 is 50.7 Å². The van der Waals surface area contributed by atoms with Crippen LogP contribution in [0, 0.1) is 13.8 Å². The maximum Gasteiger partial charge on any atom is 0.264 e. The molecule has 12 heteroatoms. The molecule has 1 unspecified atom stereocenters. The summed E-state index contributed by atoms with van der Waals surface area (Å²) in [7, 11) is -1.47. The molecule has 0 aromatic heterocycles. The molecule has 9 nitrogen and oxygen atoms in total. The predicted octanol–water partition coefficient (Wildman–Crippen LogP) is 6.15. The number of hydrogen-bond acceptors (Lipinski definition) is 6. The lowest BCUT2D eigenvalue weighted by atomic mass is 10.1. The van der Waals surface area contributed by atoms with Crippen LogP contribution in [0.4, 0.5) is 5.69 Å². The van der Waals surface area contributed by atoms with E-state index in [0.29, 0.717) is 27.0 Å². The Balaban J connectivity index is 2.14. The van der Waals surface area contributed by atoms with Crippen LogP contribution in [0.2, 0.25) is 10.0 Å². The van der Waals surface area contributed by atoms with E-state index in [1.165, 1.54) is 37.3 Å². The van der Waals surface area contributed by atoms with Crippen molar-refractivity contribution in [1.82, 2.24) is 10.2 Å². The molecule has 1 atom stereocenters. The summed E-state index contributed by atoms with van der Waals surface area (Å²) in [6.07, 6.45) is 0. The Hall–Kier alpha value is -3.47. The maximum atomic E-state index is 14.3. The quantitative estimate of drug-likeness (QED) is 0.264. The lowest BCUT2D eigenvalue weighted by Gasteiger charge is -2.34. The van der Waals surface area contributed by atoms with E-state index in [9.17, 15) is 18.0 Å². The first kappa shape index (κ1) is 35.0. The number of rotatable bonds is 11. The van der Waals surface area contributed by atoms with Crippen molar-refractivity contribution in [1.29, 1.82) is 0 Å². The zero-order valence-corrected chi connectivity index (χ0v) is 28.5. The number of aryl methyl sites for hydroxylation is 2. The van der Waals surface area contributed by atoms with E-state index in [2.05, 4.69) is 5.32 Å². The highest BCUT2D eigenvalue weighted by Gasteiger charge is 2.34. The Morgan fingerprint density at radius 2 is 1.52 bits per heavy atom. The molecule has 0 fully saturated rings. The van der Waals surface area contributed by atoms with Gasteiger partial charge in [0, 0.05) is 28.2 Å². The van der Waals surface area contributed by atoms with Crippen molar-refractivity contribution in [3.63, 3.8) is 0 Å². The van der Waals surface area contributed by atoms with Crippen LogP contribution >= 0.6 is 23.2 Å². The van der Waals surface area contributed by atoms with Gasteiger partial charge in [0.2, 0.25) is 11.8 Å². The number of carbonyl (C=O) groups is 2. The molecule has 3 aromatic carbocycles. The van der Waals surface area contributed by atoms with Gasteiger partial charge in [-0.05, 0) is 94.6 Å². The zero-order chi connectivity index (χ0) is 33.0. The summed E-state index contributed by atoms with van der Waals surface area (Å²) in [6, 6.07) is 13.4. The van der Waals surface area contributed by atoms with Crippen LogP contribution in [0.1, 0.15) is 44.4 Å². The van der Waals surface area contributed by atoms with E-state index in [4.69, 9.17) is 32.7 Å². The van der Waals surface area contributed by atoms with Gasteiger partial charge in [0.1, 0.15) is 12.6 Å². The van der Waals surface area contributed by atoms with Crippen LogP contribution in [-0.2, 0) is 26.2 Å². The molecule has 3 rings (SSSR count). The summed E-state index contributed by atoms with van der Waals surface area (Å²) in [5.41, 5.74) is 1.88. The van der Waals surface area contributed by atoms with E-state index >= 15 is 0 Å². The zero-order valence-electron chi connectivity index (χ0n) is 26.2. The molecule has 0 spiro atoms. The number of anilines is 1. The first-order chi connectivity index (χ1) is 20.5. The number of hydrogen-bond donors (Lipinski definition) is 1. The van der Waals surface area contributed by atoms with Crippen molar-refractivity contribution in [3.05, 3.63) is 81.3 Å². The van der Waals surface area contributed by atoms with Crippen molar-refractivity contribution < 1.29 is 27.5 Å². The third kappa shape index (κ3) is 8.58. The van der Waals surface area contributed by atoms with Gasteiger partial charge < -0.3 is 19.7 Å². The van der Waals surface area contributed by atoms with Crippen molar-refractivity contribution in [3.8, 4) is 11.5 Å². The lowest BCUT2D eigenvalue weighted by molar-refractivity contribution is -0.140. The van der Waals surface area contributed by atoms with Crippen LogP contribution in [0.15, 0.2) is 59.5 Å². The number of nitrogens with one attached hydrogen (secondary N) is 1. The van der Waals surface area contributed by atoms with Gasteiger partial charge in [-0.3, -0.25) is 13.9 Å². The highest BCUT2D eigenvalue weighted by molar-refractivity contribution is 7.92. The Morgan fingerprint density at radius 3 is 2.07 bits per heavy atom. The monoisotopic (exact) mass is 663 g/mol. The Kier molecular flexibility index (Phi) is 11.2. The van der Waals surface area contributed by atoms with Crippen LogP contribution in [0.25, 0.3) is 0 Å². The Bertz CT molecular complexity index is 1620. The standard InChI is InChI=1S/C32H39Cl2N3O6S/c1-20-13-21(2)15-25(14-20)37(44(40,41)26-11-12-28(42-7)29(17-26)43-8)19-30(38)36(22(3)31(39)35-32(4,5)6)18-23-9-10-24(33)16-27(23)34/h9-17,22H,18-19H2,1-8H3,(H,35,39). The normalized spacial score (nSPS) is 12.3. The van der Waals surface area contributed by atoms with Crippen LogP contribution in [-0.4, -0.2) is 57.5 Å². The van der Waals surface area contributed by atoms with Gasteiger partial charge in [-0.25, -0.2) is 8.42 Å². The molecular formula is C32H39Cl2N3O6S. The molecule has 3 aromatic rings. The Labute approximate surface area is 270 Å². The average molecular weight is 665 g/mol. The van der Waals surface area contributed by atoms with E-state index < -0.39 is 40.0 Å². The Morgan fingerprint density at radius 1 is 0.909 bits per heavy atom. The number of sulfonamides is 1. The molecule has 0 bridgehead atoms. The number of methoxy groups -OCH3 is 2. The molecule has 238 valence electrons. The molecule has 1 N–H and O–H groups in total. The molecule has 0 saturated carbocycles. The number of nitrogens with zero attached hydrogens (tertiary/aromatic N) is 2. The van der Waals surface area contributed by atoms with Gasteiger partial charge in [0.15, 0.2) is 11.5 Å². The third-order valence-electron chi connectivity index (χ3n) is 6.74. The highest BCUT2D eigenvalue weighted by Crippen LogP contribution is 2.33. The SMILES string of the molecule is COc1ccc(S(=O)(=O)N(CC(=O)N(Cc2ccc(Cl)cc2Cl)C(C)C(=O)NC(C)(C)C)c2cc(C)cc(C)c2)cc1OC. The molecule has 0 aliphatic carbocycles. The van der Waals surface area contributed by atoms with Crippen molar-refractivity contribution in [2.75, 3.05) is 25.1 Å². The fourth-order valence-electron chi connectivity index (χ4n) is 4.62. The summed E-state index contributed by atoms with van der Waals surface area (Å²) >= 11 is 12.6. The number of amides is 2. The first-order valence-corrected chi connectivity index (χ1v) is 16.0. The van der Waals surface area contributed by atoms with E-state index in [0.717, 1.165) is 15.4 Å². The van der Waals surface area contributed by atoms with E-state index in [1.54, 1.807) is 37.3 Å². The number of carbonyl (C=O) groups excluding carboxylic acids is 2. The highest BCUT2D eigenvalue weighted by atomic mass is 35.5. The van der Waals surface area contributed by atoms with E-state index in [1.807, 2.05) is 40.7 Å². The maximum absolute atomic E-state index is 14.3. The van der Waals surface area contributed by atoms with Crippen molar-refractivity contribution in [2.24, 2.45) is 0 Å². The van der Waals surface area contributed by atoms with Crippen LogP contribution in [0.3, 0.4) is 0 Å². The average Bonchev–Trinajstić information content (AvgIpc) is 2.93. The second-order valence-electron chi connectivity index (χ2n) is 11.5. The lowest BCUT2D eigenvalue weighted by Crippen LogP contribution is -2.54. The molecular weight excluding hydrogens is 625 g/mol. The second-order valence-corrected chi connectivity index (χ2v) is 14.3. The van der Waals surface area contributed by atoms with Crippen molar-refractivity contribution in [2.45, 2.75) is 64.6 Å². The topological polar surface area (TPSA) is 105 Å². The first-order valence-electron chi connectivity index (χ1n) is 13.9. The molecule has 0 radical (unpaired) electrons. The molecule has 0 aliphatic rings. The largest absolute Gasteiger partial charge is 0.493 e. The molecule has 0 heterocycles. The van der Waals surface area contributed by atoms with Gasteiger partial charge in [0.25, 0.3) is 10.0 Å². The van der Waals surface area contributed by atoms with Gasteiger partial charge >= 0.3 is 0 Å². The fourth-order valence-corrected chi connectivity index (χ4v) is 6.50. The predicted molar refractivity (Wildman–Crippen MR) is 174 cm³/mol. The summed E-state index contributed by atoms with van der Waals surface area (Å²) in [5, 5.41) is 3.62. The van der Waals surface area contributed by atoms with Gasteiger partial charge in [-0.1, -0.05) is 35.3 Å². The van der Waals surface area contributed by atoms with E-state index in [-0.39, 0.29) is 17.2 Å². The minimum atomic E-state index is -4.33. The smallest absolute Gasteiger partial charge is 0.264 e. The fraction of sp³-hybridized carbons (Fsp3) is 0.375. The number of halogens is 2. The van der Waals surface area contributed by atoms with Gasteiger partial charge in [0.05, 0.1) is 24.8 Å². The van der Waals surface area contributed by atoms with Crippen LogP contribution in [0.5, 0.6) is 11.5 Å². The molecule has 44 heavy (non-hydrogen) atoms. The summed E-state index contributed by atoms with van der Waals surface area (Å²) in [6.45, 7) is 10.1. The third-order valence-corrected chi connectivity index (χ3v) is 9.09. The van der Waals surface area contributed by atoms with Crippen LogP contribution < -0.4 is 19.1 Å². The summed E-state index contributed by atoms with van der Waals surface area (Å²) < 4.78 is 40.2.